The molecule has 252 valence electrons. The Balaban J connectivity index is 0.000000157. The van der Waals surface area contributed by atoms with Crippen LogP contribution in [0.25, 0.3) is 33.9 Å². The van der Waals surface area contributed by atoms with Gasteiger partial charge in [-0.25, -0.2) is 9.97 Å². The molecule has 2 aliphatic rings. The van der Waals surface area contributed by atoms with Gasteiger partial charge in [0.15, 0.2) is 21.9 Å². The van der Waals surface area contributed by atoms with Crippen LogP contribution < -0.4 is 20.9 Å². The van der Waals surface area contributed by atoms with E-state index in [1.54, 1.807) is 0 Å². The van der Waals surface area contributed by atoms with Gasteiger partial charge in [0.1, 0.15) is 0 Å². The van der Waals surface area contributed by atoms with E-state index in [1.165, 1.54) is 45.3 Å². The summed E-state index contributed by atoms with van der Waals surface area (Å²) >= 11 is 2.42. The molecule has 0 atom stereocenters. The Bertz CT molecular complexity index is 2080. The second kappa shape index (κ2) is 14.2. The lowest BCUT2D eigenvalue weighted by Crippen LogP contribution is -2.07. The van der Waals surface area contributed by atoms with E-state index < -0.39 is 0 Å². The first-order chi connectivity index (χ1) is 24.2. The van der Waals surface area contributed by atoms with E-state index in [-0.39, 0.29) is 12.2 Å². The third-order valence-electron chi connectivity index (χ3n) is 7.96. The number of fused-ring (bicyclic) bond motifs is 2. The number of ether oxygens (including phenoxy) is 2. The highest BCUT2D eigenvalue weighted by Crippen LogP contribution is 2.37. The minimum atomic E-state index is 0.0976. The lowest BCUT2D eigenvalue weighted by Gasteiger charge is -2.11. The van der Waals surface area contributed by atoms with Crippen LogP contribution in [-0.4, -0.2) is 40.9 Å². The van der Waals surface area contributed by atoms with Crippen LogP contribution in [-0.2, 0) is 12.8 Å². The van der Waals surface area contributed by atoms with Crippen molar-refractivity contribution in [1.29, 1.82) is 0 Å². The summed E-state index contributed by atoms with van der Waals surface area (Å²) in [5.74, 6) is 2.63. The Hall–Kier alpha value is -5.46. The first kappa shape index (κ1) is 33.1. The minimum Gasteiger partial charge on any atom is -0.475 e. The molecule has 0 aliphatic heterocycles. The zero-order chi connectivity index (χ0) is 34.8. The van der Waals surface area contributed by atoms with Gasteiger partial charge < -0.3 is 20.9 Å². The van der Waals surface area contributed by atoms with Crippen LogP contribution in [0, 0.1) is 0 Å². The predicted molar refractivity (Wildman–Crippen MR) is 201 cm³/mol. The lowest BCUT2D eigenvalue weighted by atomic mass is 10.00. The van der Waals surface area contributed by atoms with Crippen LogP contribution in [0.5, 0.6) is 11.8 Å². The van der Waals surface area contributed by atoms with Gasteiger partial charge in [-0.3, -0.25) is 0 Å². The Kier molecular flexibility index (Phi) is 9.38. The molecule has 50 heavy (non-hydrogen) atoms. The van der Waals surface area contributed by atoms with Gasteiger partial charge >= 0.3 is 0 Å². The summed E-state index contributed by atoms with van der Waals surface area (Å²) in [5.41, 5.74) is 22.3. The topological polar surface area (TPSA) is 148 Å². The summed E-state index contributed by atoms with van der Waals surface area (Å²) in [4.78, 5) is 17.9. The third kappa shape index (κ3) is 7.26. The maximum absolute atomic E-state index is 5.73. The standard InChI is InChI=1S/2C19H18N4OS/c2*1-11(2)24-17-5-3-4-16(21-17)14-9-8-12-6-7-13(10-15(12)14)18-22-19(20)25-23-18/h2*3-7,9-11H,8H2,1-2H3,(H2,20,22,23). The molecule has 0 amide bonds. The van der Waals surface area contributed by atoms with Gasteiger partial charge in [-0.15, -0.1) is 0 Å². The van der Waals surface area contributed by atoms with Crippen molar-refractivity contribution < 1.29 is 9.47 Å². The highest BCUT2D eigenvalue weighted by Gasteiger charge is 2.21. The number of nitrogen functional groups attached to an aromatic ring is 2. The Morgan fingerprint density at radius 2 is 1.02 bits per heavy atom. The van der Waals surface area contributed by atoms with Gasteiger partial charge in [-0.2, -0.15) is 18.7 Å². The Morgan fingerprint density at radius 3 is 1.40 bits per heavy atom. The molecule has 10 nitrogen and oxygen atoms in total. The van der Waals surface area contributed by atoms with E-state index in [9.17, 15) is 0 Å². The molecule has 8 rings (SSSR count). The zero-order valence-corrected chi connectivity index (χ0v) is 29.8. The monoisotopic (exact) mass is 700 g/mol. The molecular weight excluding hydrogens is 665 g/mol. The SMILES string of the molecule is CC(C)Oc1cccc(C2=CCc3ccc(-c4nsc(N)n4)cc32)n1.CC(C)Oc1cccc(C2=CCc3ccc(-c4nsc(N)n4)cc32)n1. The molecule has 0 radical (unpaired) electrons. The van der Waals surface area contributed by atoms with Crippen molar-refractivity contribution in [2.45, 2.75) is 52.7 Å². The van der Waals surface area contributed by atoms with E-state index >= 15 is 0 Å². The molecular formula is C38H36N8O2S2. The van der Waals surface area contributed by atoms with Crippen molar-refractivity contribution in [3.05, 3.63) is 119 Å². The molecule has 0 saturated carbocycles. The van der Waals surface area contributed by atoms with Crippen molar-refractivity contribution in [1.82, 2.24) is 28.7 Å². The lowest BCUT2D eigenvalue weighted by molar-refractivity contribution is 0.232. The van der Waals surface area contributed by atoms with Gasteiger partial charge in [-0.05, 0) is 87.1 Å². The highest BCUT2D eigenvalue weighted by molar-refractivity contribution is 7.09. The average Bonchev–Trinajstić information content (AvgIpc) is 3.91. The van der Waals surface area contributed by atoms with E-state index in [2.05, 4.69) is 65.1 Å². The van der Waals surface area contributed by atoms with Crippen molar-refractivity contribution in [3.63, 3.8) is 0 Å². The highest BCUT2D eigenvalue weighted by atomic mass is 32.1. The van der Waals surface area contributed by atoms with Crippen molar-refractivity contribution in [3.8, 4) is 34.5 Å². The summed E-state index contributed by atoms with van der Waals surface area (Å²) < 4.78 is 20.1. The largest absolute Gasteiger partial charge is 0.475 e. The van der Waals surface area contributed by atoms with Gasteiger partial charge in [0.25, 0.3) is 0 Å². The fourth-order valence-corrected chi connectivity index (χ4v) is 6.77. The number of aromatic nitrogens is 6. The first-order valence-electron chi connectivity index (χ1n) is 16.3. The number of pyridine rings is 2. The molecule has 4 N–H and O–H groups in total. The zero-order valence-electron chi connectivity index (χ0n) is 28.1. The minimum absolute atomic E-state index is 0.0976. The van der Waals surface area contributed by atoms with Gasteiger partial charge in [0.05, 0.1) is 23.6 Å². The quantitative estimate of drug-likeness (QED) is 0.160. The summed E-state index contributed by atoms with van der Waals surface area (Å²) in [5, 5.41) is 0.956. The maximum Gasteiger partial charge on any atom is 0.214 e. The number of hydrogen-bond donors (Lipinski definition) is 2. The Labute approximate surface area is 298 Å². The molecule has 4 heterocycles. The number of anilines is 2. The molecule has 2 aromatic carbocycles. The molecule has 0 saturated heterocycles. The van der Waals surface area contributed by atoms with Crippen LogP contribution in [0.2, 0.25) is 0 Å². The summed E-state index contributed by atoms with van der Waals surface area (Å²) in [6.07, 6.45) is 6.40. The molecule has 0 spiro atoms. The van der Waals surface area contributed by atoms with Crippen LogP contribution in [0.3, 0.4) is 0 Å². The fraction of sp³-hybridized carbons (Fsp3) is 0.211. The number of allylic oxidation sites excluding steroid dienone is 2. The predicted octanol–water partition coefficient (Wildman–Crippen LogP) is 7.91. The van der Waals surface area contributed by atoms with Gasteiger partial charge in [0.2, 0.25) is 11.8 Å². The van der Waals surface area contributed by atoms with E-state index in [4.69, 9.17) is 20.9 Å². The maximum atomic E-state index is 5.73. The van der Waals surface area contributed by atoms with E-state index in [0.29, 0.717) is 33.7 Å². The number of nitrogens with two attached hydrogens (primary N) is 2. The van der Waals surface area contributed by atoms with Crippen LogP contribution in [0.4, 0.5) is 10.3 Å². The van der Waals surface area contributed by atoms with Gasteiger partial charge in [0, 0.05) is 57.5 Å². The number of hydrogen-bond acceptors (Lipinski definition) is 12. The third-order valence-corrected chi connectivity index (χ3v) is 9.05. The second-order valence-electron chi connectivity index (χ2n) is 12.4. The van der Waals surface area contributed by atoms with Crippen LogP contribution >= 0.6 is 23.1 Å². The smallest absolute Gasteiger partial charge is 0.214 e. The molecule has 12 heteroatoms. The number of nitrogens with zero attached hydrogens (tertiary/aromatic N) is 6. The van der Waals surface area contributed by atoms with Crippen molar-refractivity contribution >= 4 is 44.5 Å². The van der Waals surface area contributed by atoms with E-state index in [1.807, 2.05) is 76.2 Å². The number of rotatable bonds is 8. The Morgan fingerprint density at radius 1 is 0.580 bits per heavy atom. The normalized spacial score (nSPS) is 13.0. The van der Waals surface area contributed by atoms with Gasteiger partial charge in [-0.1, -0.05) is 48.6 Å². The van der Waals surface area contributed by atoms with E-state index in [0.717, 1.165) is 46.5 Å². The molecule has 4 aromatic heterocycles. The van der Waals surface area contributed by atoms with Crippen molar-refractivity contribution in [2.24, 2.45) is 0 Å². The molecule has 6 aromatic rings. The summed E-state index contributed by atoms with van der Waals surface area (Å²) in [6, 6.07) is 24.3. The fourth-order valence-electron chi connectivity index (χ4n) is 5.87. The van der Waals surface area contributed by atoms with Crippen LogP contribution in [0.1, 0.15) is 61.3 Å². The molecule has 0 fully saturated rings. The second-order valence-corrected chi connectivity index (χ2v) is 13.9. The van der Waals surface area contributed by atoms with Crippen molar-refractivity contribution in [2.75, 3.05) is 11.5 Å². The molecule has 0 unspecified atom stereocenters. The number of benzene rings is 2. The molecule has 0 bridgehead atoms. The summed E-state index contributed by atoms with van der Waals surface area (Å²) in [7, 11) is 0. The first-order valence-corrected chi connectivity index (χ1v) is 17.9. The molecule has 2 aliphatic carbocycles. The average molecular weight is 701 g/mol. The van der Waals surface area contributed by atoms with Crippen LogP contribution in [0.15, 0.2) is 84.9 Å². The summed E-state index contributed by atoms with van der Waals surface area (Å²) in [6.45, 7) is 7.99.